The Hall–Kier alpha value is -1.82. The molecule has 0 aliphatic carbocycles. The number of aromatic nitrogens is 2. The molecule has 0 spiro atoms. The van der Waals surface area contributed by atoms with Gasteiger partial charge in [-0.1, -0.05) is 0 Å². The van der Waals surface area contributed by atoms with Crippen molar-refractivity contribution in [3.63, 3.8) is 0 Å². The van der Waals surface area contributed by atoms with Gasteiger partial charge in [0, 0.05) is 42.2 Å². The summed E-state index contributed by atoms with van der Waals surface area (Å²) < 4.78 is 2.68. The molecule has 0 unspecified atom stereocenters. The number of nitrogens with zero attached hydrogens (tertiary/aromatic N) is 3. The second-order valence-corrected chi connectivity index (χ2v) is 5.21. The molecule has 0 saturated carbocycles. The number of anilines is 1. The molecule has 1 aromatic carbocycles. The van der Waals surface area contributed by atoms with E-state index in [0.29, 0.717) is 17.8 Å². The quantitative estimate of drug-likeness (QED) is 0.879. The zero-order valence-corrected chi connectivity index (χ0v) is 12.4. The highest BCUT2D eigenvalue weighted by molar-refractivity contribution is 9.10. The van der Waals surface area contributed by atoms with Gasteiger partial charge in [-0.2, -0.15) is 0 Å². The fourth-order valence-electron chi connectivity index (χ4n) is 1.73. The van der Waals surface area contributed by atoms with Crippen LogP contribution in [0.3, 0.4) is 0 Å². The molecule has 6 heteroatoms. The molecule has 2 rings (SSSR count). The van der Waals surface area contributed by atoms with Crippen molar-refractivity contribution in [2.75, 3.05) is 12.8 Å². The molecule has 0 fully saturated rings. The fourth-order valence-corrected chi connectivity index (χ4v) is 1.98. The van der Waals surface area contributed by atoms with E-state index in [1.54, 1.807) is 36.3 Å². The molecule has 0 saturated heterocycles. The molecule has 0 bridgehead atoms. The highest BCUT2D eigenvalue weighted by Crippen LogP contribution is 2.21. The van der Waals surface area contributed by atoms with Gasteiger partial charge in [0.15, 0.2) is 0 Å². The van der Waals surface area contributed by atoms with E-state index in [-0.39, 0.29) is 5.91 Å². The van der Waals surface area contributed by atoms with Crippen LogP contribution in [0.4, 0.5) is 5.69 Å². The number of carbonyl (C=O) groups is 1. The van der Waals surface area contributed by atoms with E-state index < -0.39 is 0 Å². The summed E-state index contributed by atoms with van der Waals surface area (Å²) in [5.74, 6) is 0.753. The van der Waals surface area contributed by atoms with Gasteiger partial charge in [0.2, 0.25) is 0 Å². The van der Waals surface area contributed by atoms with Gasteiger partial charge in [0.05, 0.1) is 6.54 Å². The Bertz CT molecular complexity index is 608. The number of rotatable bonds is 3. The van der Waals surface area contributed by atoms with Crippen LogP contribution in [0.1, 0.15) is 16.2 Å². The first-order valence-electron chi connectivity index (χ1n) is 5.75. The Morgan fingerprint density at radius 3 is 2.84 bits per heavy atom. The maximum Gasteiger partial charge on any atom is 0.254 e. The zero-order valence-electron chi connectivity index (χ0n) is 10.8. The number of benzene rings is 1. The van der Waals surface area contributed by atoms with Gasteiger partial charge >= 0.3 is 0 Å². The van der Waals surface area contributed by atoms with Gasteiger partial charge in [-0.3, -0.25) is 4.79 Å². The van der Waals surface area contributed by atoms with Crippen molar-refractivity contribution in [1.82, 2.24) is 14.5 Å². The van der Waals surface area contributed by atoms with E-state index in [0.717, 1.165) is 10.3 Å². The van der Waals surface area contributed by atoms with Crippen molar-refractivity contribution in [2.45, 2.75) is 6.54 Å². The van der Waals surface area contributed by atoms with Crippen LogP contribution in [0.2, 0.25) is 0 Å². The number of carbonyl (C=O) groups excluding carboxylic acids is 1. The number of nitrogens with two attached hydrogens (primary N) is 1. The van der Waals surface area contributed by atoms with Crippen molar-refractivity contribution in [3.8, 4) is 0 Å². The average Bonchev–Trinajstić information content (AvgIpc) is 2.77. The predicted octanol–water partition coefficient (Wildman–Crippen LogP) is 2.04. The Balaban J connectivity index is 2.15. The lowest BCUT2D eigenvalue weighted by Gasteiger charge is -2.17. The molecule has 1 amide bonds. The summed E-state index contributed by atoms with van der Waals surface area (Å²) >= 11 is 3.31. The highest BCUT2D eigenvalue weighted by atomic mass is 79.9. The summed E-state index contributed by atoms with van der Waals surface area (Å²) in [6, 6.07) is 5.19. The molecule has 0 radical (unpaired) electrons. The van der Waals surface area contributed by atoms with Crippen molar-refractivity contribution < 1.29 is 4.79 Å². The van der Waals surface area contributed by atoms with E-state index in [4.69, 9.17) is 5.73 Å². The van der Waals surface area contributed by atoms with E-state index in [1.807, 2.05) is 17.8 Å². The monoisotopic (exact) mass is 322 g/mol. The molecule has 0 atom stereocenters. The van der Waals surface area contributed by atoms with Crippen molar-refractivity contribution >= 4 is 27.5 Å². The number of hydrogen-bond acceptors (Lipinski definition) is 3. The minimum atomic E-state index is -0.0813. The Kier molecular flexibility index (Phi) is 3.90. The largest absolute Gasteiger partial charge is 0.398 e. The van der Waals surface area contributed by atoms with Crippen molar-refractivity contribution in [3.05, 3.63) is 46.5 Å². The summed E-state index contributed by atoms with van der Waals surface area (Å²) in [5, 5.41) is 0. The second kappa shape index (κ2) is 5.44. The minimum absolute atomic E-state index is 0.0813. The third-order valence-electron chi connectivity index (χ3n) is 2.89. The summed E-state index contributed by atoms with van der Waals surface area (Å²) in [7, 11) is 3.65. The summed E-state index contributed by atoms with van der Waals surface area (Å²) in [4.78, 5) is 18.1. The normalized spacial score (nSPS) is 10.5. The fraction of sp³-hybridized carbons (Fsp3) is 0.231. The molecule has 2 aromatic rings. The summed E-state index contributed by atoms with van der Waals surface area (Å²) in [5.41, 5.74) is 6.90. The topological polar surface area (TPSA) is 64.2 Å². The van der Waals surface area contributed by atoms with Gasteiger partial charge in [-0.25, -0.2) is 4.98 Å². The smallest absolute Gasteiger partial charge is 0.254 e. The third-order valence-corrected chi connectivity index (χ3v) is 3.61. The minimum Gasteiger partial charge on any atom is -0.398 e. The van der Waals surface area contributed by atoms with E-state index in [2.05, 4.69) is 20.9 Å². The highest BCUT2D eigenvalue weighted by Gasteiger charge is 2.14. The lowest BCUT2D eigenvalue weighted by Crippen LogP contribution is -2.27. The van der Waals surface area contributed by atoms with Gasteiger partial charge < -0.3 is 15.2 Å². The number of imidazole rings is 1. The Labute approximate surface area is 120 Å². The van der Waals surface area contributed by atoms with Crippen LogP contribution in [0.25, 0.3) is 0 Å². The van der Waals surface area contributed by atoms with Crippen LogP contribution in [-0.2, 0) is 13.6 Å². The Morgan fingerprint density at radius 2 is 2.26 bits per heavy atom. The van der Waals surface area contributed by atoms with Gasteiger partial charge in [0.25, 0.3) is 5.91 Å². The number of halogens is 1. The average molecular weight is 323 g/mol. The molecule has 19 heavy (non-hydrogen) atoms. The van der Waals surface area contributed by atoms with Gasteiger partial charge in [-0.15, -0.1) is 0 Å². The molecule has 0 aliphatic rings. The standard InChI is InChI=1S/C13H15BrN4O/c1-17-6-5-16-12(17)8-18(2)13(19)9-3-4-10(14)11(15)7-9/h3-7H,8,15H2,1-2H3. The van der Waals surface area contributed by atoms with Crippen LogP contribution in [0, 0.1) is 0 Å². The lowest BCUT2D eigenvalue weighted by molar-refractivity contribution is 0.0780. The van der Waals surface area contributed by atoms with E-state index in [9.17, 15) is 4.79 Å². The van der Waals surface area contributed by atoms with Crippen LogP contribution in [0.5, 0.6) is 0 Å². The first kappa shape index (κ1) is 13.6. The number of aryl methyl sites for hydroxylation is 1. The van der Waals surface area contributed by atoms with Crippen LogP contribution in [-0.4, -0.2) is 27.4 Å². The lowest BCUT2D eigenvalue weighted by atomic mass is 10.2. The number of hydrogen-bond donors (Lipinski definition) is 1. The third kappa shape index (κ3) is 2.96. The van der Waals surface area contributed by atoms with Crippen LogP contribution in [0.15, 0.2) is 35.1 Å². The van der Waals surface area contributed by atoms with Crippen LogP contribution >= 0.6 is 15.9 Å². The van der Waals surface area contributed by atoms with Crippen molar-refractivity contribution in [2.24, 2.45) is 7.05 Å². The molecule has 5 nitrogen and oxygen atoms in total. The second-order valence-electron chi connectivity index (χ2n) is 4.35. The Morgan fingerprint density at radius 1 is 1.53 bits per heavy atom. The summed E-state index contributed by atoms with van der Waals surface area (Å²) in [6.45, 7) is 0.457. The van der Waals surface area contributed by atoms with E-state index >= 15 is 0 Å². The summed E-state index contributed by atoms with van der Waals surface area (Å²) in [6.07, 6.45) is 3.57. The molecule has 0 aliphatic heterocycles. The molecule has 2 N–H and O–H groups in total. The number of amides is 1. The SMILES string of the molecule is CN(Cc1nccn1C)C(=O)c1ccc(Br)c(N)c1. The maximum absolute atomic E-state index is 12.3. The molecule has 100 valence electrons. The first-order chi connectivity index (χ1) is 8.99. The maximum atomic E-state index is 12.3. The predicted molar refractivity (Wildman–Crippen MR) is 77.6 cm³/mol. The van der Waals surface area contributed by atoms with Crippen molar-refractivity contribution in [1.29, 1.82) is 0 Å². The van der Waals surface area contributed by atoms with Gasteiger partial charge in [0.1, 0.15) is 5.82 Å². The first-order valence-corrected chi connectivity index (χ1v) is 6.55. The zero-order chi connectivity index (χ0) is 14.0. The van der Waals surface area contributed by atoms with Crippen LogP contribution < -0.4 is 5.73 Å². The van der Waals surface area contributed by atoms with E-state index in [1.165, 1.54) is 0 Å². The van der Waals surface area contributed by atoms with Gasteiger partial charge in [-0.05, 0) is 34.1 Å². The molecule has 1 aromatic heterocycles. The molecule has 1 heterocycles. The number of nitrogen functional groups attached to an aromatic ring is 1. The molecular formula is C13H15BrN4O. The molecular weight excluding hydrogens is 308 g/mol.